The second kappa shape index (κ2) is 4.90. The van der Waals surface area contributed by atoms with E-state index in [9.17, 15) is 5.11 Å². The van der Waals surface area contributed by atoms with E-state index in [1.54, 1.807) is 18.2 Å². The minimum Gasteiger partial charge on any atom is -0.507 e. The van der Waals surface area contributed by atoms with Gasteiger partial charge in [0.25, 0.3) is 0 Å². The van der Waals surface area contributed by atoms with Gasteiger partial charge in [0, 0.05) is 11.6 Å². The van der Waals surface area contributed by atoms with Crippen LogP contribution >= 0.6 is 11.6 Å². The molecule has 0 radical (unpaired) electrons. The molecule has 0 amide bonds. The van der Waals surface area contributed by atoms with Crippen molar-refractivity contribution in [2.45, 2.75) is 5.88 Å². The summed E-state index contributed by atoms with van der Waals surface area (Å²) < 4.78 is 5.56. The van der Waals surface area contributed by atoms with Crippen molar-refractivity contribution in [1.29, 1.82) is 0 Å². The van der Waals surface area contributed by atoms with E-state index in [2.05, 4.69) is 0 Å². The number of rotatable bonds is 3. The van der Waals surface area contributed by atoms with Gasteiger partial charge in [0.2, 0.25) is 0 Å². The van der Waals surface area contributed by atoms with Crippen LogP contribution in [0.1, 0.15) is 5.56 Å². The van der Waals surface area contributed by atoms with Crippen molar-refractivity contribution in [3.8, 4) is 17.2 Å². The van der Waals surface area contributed by atoms with Gasteiger partial charge in [-0.25, -0.2) is 0 Å². The number of para-hydroxylation sites is 1. The summed E-state index contributed by atoms with van der Waals surface area (Å²) in [5.74, 6) is 1.78. The van der Waals surface area contributed by atoms with Crippen LogP contribution in [-0.4, -0.2) is 5.11 Å². The number of hydrogen-bond acceptors (Lipinski definition) is 2. The topological polar surface area (TPSA) is 29.5 Å². The van der Waals surface area contributed by atoms with Gasteiger partial charge in [-0.2, -0.15) is 0 Å². The van der Waals surface area contributed by atoms with Crippen molar-refractivity contribution >= 4 is 11.6 Å². The molecule has 16 heavy (non-hydrogen) atoms. The Morgan fingerprint density at radius 2 is 1.75 bits per heavy atom. The molecular weight excluding hydrogens is 224 g/mol. The van der Waals surface area contributed by atoms with Crippen LogP contribution in [0.4, 0.5) is 0 Å². The van der Waals surface area contributed by atoms with Crippen molar-refractivity contribution < 1.29 is 9.84 Å². The average molecular weight is 235 g/mol. The van der Waals surface area contributed by atoms with Crippen LogP contribution < -0.4 is 4.74 Å². The molecule has 0 saturated heterocycles. The van der Waals surface area contributed by atoms with Gasteiger partial charge in [-0.15, -0.1) is 11.6 Å². The van der Waals surface area contributed by atoms with Crippen LogP contribution in [0.3, 0.4) is 0 Å². The Balaban J connectivity index is 2.20. The molecule has 2 nitrogen and oxygen atoms in total. The summed E-state index contributed by atoms with van der Waals surface area (Å²) in [5, 5.41) is 9.60. The molecule has 0 atom stereocenters. The first kappa shape index (κ1) is 10.8. The van der Waals surface area contributed by atoms with Crippen LogP contribution in [0.25, 0.3) is 0 Å². The monoisotopic (exact) mass is 234 g/mol. The van der Waals surface area contributed by atoms with E-state index in [1.807, 2.05) is 30.3 Å². The fraction of sp³-hybridized carbons (Fsp3) is 0.0769. The predicted octanol–water partition coefficient (Wildman–Crippen LogP) is 3.92. The molecule has 3 heteroatoms. The second-order valence-corrected chi connectivity index (χ2v) is 3.61. The molecule has 0 aliphatic carbocycles. The average Bonchev–Trinajstić information content (AvgIpc) is 2.31. The smallest absolute Gasteiger partial charge is 0.131 e. The van der Waals surface area contributed by atoms with Crippen molar-refractivity contribution in [3.63, 3.8) is 0 Å². The van der Waals surface area contributed by atoms with Gasteiger partial charge in [-0.05, 0) is 18.2 Å². The second-order valence-electron chi connectivity index (χ2n) is 3.34. The van der Waals surface area contributed by atoms with Gasteiger partial charge in [-0.3, -0.25) is 0 Å². The molecule has 2 aromatic rings. The molecule has 0 unspecified atom stereocenters. The van der Waals surface area contributed by atoms with Crippen molar-refractivity contribution in [3.05, 3.63) is 54.1 Å². The number of hydrogen-bond donors (Lipinski definition) is 1. The zero-order chi connectivity index (χ0) is 11.4. The highest BCUT2D eigenvalue weighted by Crippen LogP contribution is 2.28. The Morgan fingerprint density at radius 3 is 2.38 bits per heavy atom. The van der Waals surface area contributed by atoms with Gasteiger partial charge in [0.05, 0.1) is 5.88 Å². The van der Waals surface area contributed by atoms with E-state index in [4.69, 9.17) is 16.3 Å². The SMILES string of the molecule is Oc1cc(Oc2ccccc2)ccc1CCl. The molecule has 0 heterocycles. The van der Waals surface area contributed by atoms with Crippen LogP contribution in [0.5, 0.6) is 17.2 Å². The van der Waals surface area contributed by atoms with Crippen LogP contribution in [0, 0.1) is 0 Å². The number of phenols is 1. The zero-order valence-electron chi connectivity index (χ0n) is 8.56. The number of phenolic OH excluding ortho intramolecular Hbond substituents is 1. The van der Waals surface area contributed by atoms with Crippen molar-refractivity contribution in [2.75, 3.05) is 0 Å². The highest BCUT2D eigenvalue weighted by Gasteiger charge is 2.02. The van der Waals surface area contributed by atoms with Gasteiger partial charge < -0.3 is 9.84 Å². The van der Waals surface area contributed by atoms with Gasteiger partial charge >= 0.3 is 0 Å². The Kier molecular flexibility index (Phi) is 3.32. The lowest BCUT2D eigenvalue weighted by atomic mass is 10.2. The third kappa shape index (κ3) is 2.47. The maximum Gasteiger partial charge on any atom is 0.131 e. The maximum atomic E-state index is 9.60. The number of aromatic hydroxyl groups is 1. The fourth-order valence-electron chi connectivity index (χ4n) is 1.34. The van der Waals surface area contributed by atoms with E-state index in [-0.39, 0.29) is 11.6 Å². The summed E-state index contributed by atoms with van der Waals surface area (Å²) in [6.45, 7) is 0. The molecule has 2 aromatic carbocycles. The lowest BCUT2D eigenvalue weighted by Crippen LogP contribution is -1.85. The molecule has 0 aliphatic heterocycles. The Labute approximate surface area is 99.1 Å². The van der Waals surface area contributed by atoms with E-state index in [0.717, 1.165) is 5.75 Å². The standard InChI is InChI=1S/C13H11ClO2/c14-9-10-6-7-12(8-13(10)15)16-11-4-2-1-3-5-11/h1-8,15H,9H2. The zero-order valence-corrected chi connectivity index (χ0v) is 9.32. The summed E-state index contributed by atoms with van der Waals surface area (Å²) in [5.41, 5.74) is 0.696. The number of halogens is 1. The third-order valence-electron chi connectivity index (χ3n) is 2.18. The number of alkyl halides is 1. The summed E-state index contributed by atoms with van der Waals surface area (Å²) >= 11 is 5.64. The van der Waals surface area contributed by atoms with E-state index in [0.29, 0.717) is 11.3 Å². The Morgan fingerprint density at radius 1 is 1.00 bits per heavy atom. The summed E-state index contributed by atoms with van der Waals surface area (Å²) in [4.78, 5) is 0. The minimum atomic E-state index is 0.156. The molecular formula is C13H11ClO2. The summed E-state index contributed by atoms with van der Waals surface area (Å²) in [6.07, 6.45) is 0. The Hall–Kier alpha value is -1.67. The molecule has 82 valence electrons. The highest BCUT2D eigenvalue weighted by atomic mass is 35.5. The molecule has 0 aromatic heterocycles. The molecule has 0 bridgehead atoms. The lowest BCUT2D eigenvalue weighted by molar-refractivity contribution is 0.452. The first-order chi connectivity index (χ1) is 7.79. The molecule has 0 spiro atoms. The molecule has 0 saturated carbocycles. The van der Waals surface area contributed by atoms with E-state index in [1.165, 1.54) is 0 Å². The number of benzene rings is 2. The van der Waals surface area contributed by atoms with E-state index >= 15 is 0 Å². The highest BCUT2D eigenvalue weighted by molar-refractivity contribution is 6.17. The first-order valence-corrected chi connectivity index (χ1v) is 5.44. The summed E-state index contributed by atoms with van der Waals surface area (Å²) in [7, 11) is 0. The van der Waals surface area contributed by atoms with Gasteiger partial charge in [0.15, 0.2) is 0 Å². The summed E-state index contributed by atoms with van der Waals surface area (Å²) in [6, 6.07) is 14.5. The third-order valence-corrected chi connectivity index (χ3v) is 2.47. The van der Waals surface area contributed by atoms with Crippen LogP contribution in [-0.2, 0) is 5.88 Å². The van der Waals surface area contributed by atoms with Crippen molar-refractivity contribution in [1.82, 2.24) is 0 Å². The molecule has 0 aliphatic rings. The maximum absolute atomic E-state index is 9.60. The van der Waals surface area contributed by atoms with E-state index < -0.39 is 0 Å². The normalized spacial score (nSPS) is 10.1. The van der Waals surface area contributed by atoms with Crippen LogP contribution in [0.2, 0.25) is 0 Å². The van der Waals surface area contributed by atoms with Crippen LogP contribution in [0.15, 0.2) is 48.5 Å². The minimum absolute atomic E-state index is 0.156. The first-order valence-electron chi connectivity index (χ1n) is 4.90. The quantitative estimate of drug-likeness (QED) is 0.816. The molecule has 2 rings (SSSR count). The van der Waals surface area contributed by atoms with Gasteiger partial charge in [-0.1, -0.05) is 24.3 Å². The lowest BCUT2D eigenvalue weighted by Gasteiger charge is -2.07. The van der Waals surface area contributed by atoms with Gasteiger partial charge in [0.1, 0.15) is 17.2 Å². The predicted molar refractivity (Wildman–Crippen MR) is 64.2 cm³/mol. The molecule has 1 N–H and O–H groups in total. The largest absolute Gasteiger partial charge is 0.507 e. The number of ether oxygens (including phenoxy) is 1. The fourth-order valence-corrected chi connectivity index (χ4v) is 1.57. The van der Waals surface area contributed by atoms with Crippen molar-refractivity contribution in [2.24, 2.45) is 0 Å². The molecule has 0 fully saturated rings. The Bertz CT molecular complexity index is 469.